The van der Waals surface area contributed by atoms with Crippen molar-refractivity contribution in [3.63, 3.8) is 0 Å². The number of hydrogen-bond donors (Lipinski definition) is 1. The highest BCUT2D eigenvalue weighted by Crippen LogP contribution is 2.21. The van der Waals surface area contributed by atoms with E-state index in [1.807, 2.05) is 0 Å². The zero-order valence-electron chi connectivity index (χ0n) is 10.4. The molecule has 2 heteroatoms. The Morgan fingerprint density at radius 2 is 1.80 bits per heavy atom. The molecule has 0 radical (unpaired) electrons. The molecule has 1 rings (SSSR count). The van der Waals surface area contributed by atoms with Crippen molar-refractivity contribution in [3.8, 4) is 0 Å². The molecule has 0 aromatic carbocycles. The first-order chi connectivity index (χ1) is 7.25. The van der Waals surface area contributed by atoms with Crippen molar-refractivity contribution in [1.29, 1.82) is 0 Å². The lowest BCUT2D eigenvalue weighted by molar-refractivity contribution is 0.0436. The van der Waals surface area contributed by atoms with E-state index in [0.29, 0.717) is 6.04 Å². The summed E-state index contributed by atoms with van der Waals surface area (Å²) < 4.78 is 0. The second-order valence-electron chi connectivity index (χ2n) is 4.96. The Kier molecular flexibility index (Phi) is 6.26. The molecule has 1 fully saturated rings. The van der Waals surface area contributed by atoms with Crippen LogP contribution in [0.1, 0.15) is 58.3 Å². The molecule has 0 bridgehead atoms. The van der Waals surface area contributed by atoms with E-state index in [1.165, 1.54) is 44.9 Å². The van der Waals surface area contributed by atoms with E-state index in [1.54, 1.807) is 0 Å². The van der Waals surface area contributed by atoms with Gasteiger partial charge >= 0.3 is 0 Å². The third kappa shape index (κ3) is 4.52. The first-order valence-electron chi connectivity index (χ1n) is 6.64. The maximum atomic E-state index is 10.1. The summed E-state index contributed by atoms with van der Waals surface area (Å²) in [5, 5.41) is 10.1. The van der Waals surface area contributed by atoms with Crippen LogP contribution in [0.4, 0.5) is 0 Å². The predicted octanol–water partition coefficient (Wildman–Crippen LogP) is 2.80. The van der Waals surface area contributed by atoms with Crippen LogP contribution in [0.15, 0.2) is 0 Å². The number of unbranched alkanes of at least 4 members (excludes halogenated alkanes) is 1. The monoisotopic (exact) mass is 213 g/mol. The van der Waals surface area contributed by atoms with Crippen LogP contribution in [0.3, 0.4) is 0 Å². The van der Waals surface area contributed by atoms with Gasteiger partial charge in [-0.3, -0.25) is 0 Å². The molecule has 0 saturated heterocycles. The van der Waals surface area contributed by atoms with Gasteiger partial charge in [-0.05, 0) is 32.9 Å². The summed E-state index contributed by atoms with van der Waals surface area (Å²) >= 11 is 0. The average molecular weight is 213 g/mol. The second-order valence-corrected chi connectivity index (χ2v) is 4.96. The summed E-state index contributed by atoms with van der Waals surface area (Å²) in [4.78, 5) is 2.37. The summed E-state index contributed by atoms with van der Waals surface area (Å²) in [7, 11) is 2.17. The SMILES string of the molecule is CCCCN(C)C1CCCCCCC1O. The predicted molar refractivity (Wildman–Crippen MR) is 65.0 cm³/mol. The molecular weight excluding hydrogens is 186 g/mol. The summed E-state index contributed by atoms with van der Waals surface area (Å²) in [5.41, 5.74) is 0. The molecule has 1 aliphatic carbocycles. The molecule has 0 amide bonds. The molecule has 1 saturated carbocycles. The molecule has 0 heterocycles. The van der Waals surface area contributed by atoms with Gasteiger partial charge in [-0.15, -0.1) is 0 Å². The van der Waals surface area contributed by atoms with E-state index in [0.717, 1.165) is 13.0 Å². The minimum Gasteiger partial charge on any atom is -0.391 e. The van der Waals surface area contributed by atoms with Crippen molar-refractivity contribution in [2.75, 3.05) is 13.6 Å². The molecule has 2 unspecified atom stereocenters. The van der Waals surface area contributed by atoms with Gasteiger partial charge in [0.2, 0.25) is 0 Å². The normalized spacial score (nSPS) is 28.8. The van der Waals surface area contributed by atoms with Gasteiger partial charge in [0, 0.05) is 6.04 Å². The van der Waals surface area contributed by atoms with Crippen LogP contribution in [0.2, 0.25) is 0 Å². The lowest BCUT2D eigenvalue weighted by Gasteiger charge is -2.33. The molecule has 2 atom stereocenters. The summed E-state index contributed by atoms with van der Waals surface area (Å²) in [6.45, 7) is 3.36. The molecule has 0 aromatic rings. The highest BCUT2D eigenvalue weighted by atomic mass is 16.3. The highest BCUT2D eigenvalue weighted by Gasteiger charge is 2.23. The van der Waals surface area contributed by atoms with Crippen molar-refractivity contribution < 1.29 is 5.11 Å². The van der Waals surface area contributed by atoms with Crippen molar-refractivity contribution >= 4 is 0 Å². The van der Waals surface area contributed by atoms with Gasteiger partial charge in [0.25, 0.3) is 0 Å². The first kappa shape index (κ1) is 13.0. The van der Waals surface area contributed by atoms with Crippen LogP contribution in [-0.2, 0) is 0 Å². The van der Waals surface area contributed by atoms with Gasteiger partial charge in [0.15, 0.2) is 0 Å². The summed E-state index contributed by atoms with van der Waals surface area (Å²) in [5.74, 6) is 0. The van der Waals surface area contributed by atoms with Crippen molar-refractivity contribution in [1.82, 2.24) is 4.90 Å². The Morgan fingerprint density at radius 1 is 1.13 bits per heavy atom. The number of hydrogen-bond acceptors (Lipinski definition) is 2. The van der Waals surface area contributed by atoms with Gasteiger partial charge in [-0.1, -0.05) is 39.0 Å². The van der Waals surface area contributed by atoms with Crippen LogP contribution >= 0.6 is 0 Å². The zero-order chi connectivity index (χ0) is 11.1. The largest absolute Gasteiger partial charge is 0.391 e. The third-order valence-electron chi connectivity index (χ3n) is 3.62. The van der Waals surface area contributed by atoms with Crippen molar-refractivity contribution in [3.05, 3.63) is 0 Å². The Labute approximate surface area is 94.7 Å². The lowest BCUT2D eigenvalue weighted by Crippen LogP contribution is -2.42. The maximum Gasteiger partial charge on any atom is 0.0695 e. The lowest BCUT2D eigenvalue weighted by atomic mass is 9.93. The summed E-state index contributed by atoms with van der Waals surface area (Å²) in [6.07, 6.45) is 9.74. The zero-order valence-corrected chi connectivity index (χ0v) is 10.4. The smallest absolute Gasteiger partial charge is 0.0695 e. The maximum absolute atomic E-state index is 10.1. The number of aliphatic hydroxyl groups is 1. The van der Waals surface area contributed by atoms with Crippen molar-refractivity contribution in [2.45, 2.75) is 70.4 Å². The van der Waals surface area contributed by atoms with Crippen LogP contribution < -0.4 is 0 Å². The Hall–Kier alpha value is -0.0800. The van der Waals surface area contributed by atoms with E-state index in [-0.39, 0.29) is 6.10 Å². The number of rotatable bonds is 4. The number of nitrogens with zero attached hydrogens (tertiary/aromatic N) is 1. The van der Waals surface area contributed by atoms with Crippen molar-refractivity contribution in [2.24, 2.45) is 0 Å². The molecule has 15 heavy (non-hydrogen) atoms. The fourth-order valence-corrected chi connectivity index (χ4v) is 2.53. The van der Waals surface area contributed by atoms with E-state index in [9.17, 15) is 5.11 Å². The molecular formula is C13H27NO. The fraction of sp³-hybridized carbons (Fsp3) is 1.00. The molecule has 0 aliphatic heterocycles. The standard InChI is InChI=1S/C13H27NO/c1-3-4-11-14(2)12-9-7-5-6-8-10-13(12)15/h12-13,15H,3-11H2,1-2H3. The van der Waals surface area contributed by atoms with E-state index >= 15 is 0 Å². The first-order valence-corrected chi connectivity index (χ1v) is 6.64. The van der Waals surface area contributed by atoms with E-state index in [4.69, 9.17) is 0 Å². The minimum atomic E-state index is -0.0906. The van der Waals surface area contributed by atoms with E-state index < -0.39 is 0 Å². The highest BCUT2D eigenvalue weighted by molar-refractivity contribution is 4.79. The van der Waals surface area contributed by atoms with Crippen LogP contribution in [0.5, 0.6) is 0 Å². The Bertz CT molecular complexity index is 161. The number of aliphatic hydroxyl groups excluding tert-OH is 1. The fourth-order valence-electron chi connectivity index (χ4n) is 2.53. The molecule has 90 valence electrons. The Morgan fingerprint density at radius 3 is 2.47 bits per heavy atom. The third-order valence-corrected chi connectivity index (χ3v) is 3.62. The quantitative estimate of drug-likeness (QED) is 0.776. The molecule has 0 spiro atoms. The van der Waals surface area contributed by atoms with Gasteiger partial charge in [-0.25, -0.2) is 0 Å². The molecule has 1 N–H and O–H groups in total. The topological polar surface area (TPSA) is 23.5 Å². The molecule has 0 aromatic heterocycles. The molecule has 2 nitrogen and oxygen atoms in total. The number of likely N-dealkylation sites (N-methyl/N-ethyl adjacent to an activating group) is 1. The van der Waals surface area contributed by atoms with Crippen LogP contribution in [0, 0.1) is 0 Å². The average Bonchev–Trinajstić information content (AvgIpc) is 2.20. The van der Waals surface area contributed by atoms with Gasteiger partial charge in [0.1, 0.15) is 0 Å². The van der Waals surface area contributed by atoms with Crippen LogP contribution in [0.25, 0.3) is 0 Å². The van der Waals surface area contributed by atoms with Crippen LogP contribution in [-0.4, -0.2) is 35.7 Å². The van der Waals surface area contributed by atoms with Gasteiger partial charge in [0.05, 0.1) is 6.10 Å². The molecule has 1 aliphatic rings. The minimum absolute atomic E-state index is 0.0906. The van der Waals surface area contributed by atoms with Gasteiger partial charge < -0.3 is 10.0 Å². The second kappa shape index (κ2) is 7.24. The van der Waals surface area contributed by atoms with E-state index in [2.05, 4.69) is 18.9 Å². The summed E-state index contributed by atoms with van der Waals surface area (Å²) in [6, 6.07) is 0.414. The van der Waals surface area contributed by atoms with Gasteiger partial charge in [-0.2, -0.15) is 0 Å². The Balaban J connectivity index is 2.39.